The molecule has 0 aliphatic heterocycles. The van der Waals surface area contributed by atoms with Crippen LogP contribution in [-0.4, -0.2) is 44.2 Å². The zero-order chi connectivity index (χ0) is 18.9. The lowest BCUT2D eigenvalue weighted by Gasteiger charge is -2.23. The van der Waals surface area contributed by atoms with Crippen molar-refractivity contribution < 1.29 is 14.3 Å². The third-order valence-electron chi connectivity index (χ3n) is 3.96. The van der Waals surface area contributed by atoms with Gasteiger partial charge < -0.3 is 20.1 Å². The molecule has 2 aromatic rings. The highest BCUT2D eigenvalue weighted by molar-refractivity contribution is 6.32. The second-order valence-corrected chi connectivity index (χ2v) is 6.15. The van der Waals surface area contributed by atoms with Gasteiger partial charge in [-0.1, -0.05) is 41.9 Å². The van der Waals surface area contributed by atoms with Crippen LogP contribution in [0.1, 0.15) is 22.8 Å². The molecule has 0 fully saturated rings. The molecule has 140 valence electrons. The molecular formula is C20H25ClN2O3. The molecular weight excluding hydrogens is 352 g/mol. The Hall–Kier alpha value is -2.24. The molecule has 0 aromatic heterocycles. The van der Waals surface area contributed by atoms with Crippen molar-refractivity contribution in [1.29, 1.82) is 0 Å². The Balaban J connectivity index is 2.20. The summed E-state index contributed by atoms with van der Waals surface area (Å²) in [5.41, 5.74) is 7.33. The third-order valence-corrected chi connectivity index (χ3v) is 4.25. The fourth-order valence-corrected chi connectivity index (χ4v) is 2.95. The number of benzene rings is 2. The third kappa shape index (κ3) is 5.13. The average Bonchev–Trinajstić information content (AvgIpc) is 2.66. The first-order valence-corrected chi connectivity index (χ1v) is 9.02. The lowest BCUT2D eigenvalue weighted by atomic mass is 10.1. The van der Waals surface area contributed by atoms with Crippen molar-refractivity contribution in [2.24, 2.45) is 5.73 Å². The van der Waals surface area contributed by atoms with Crippen LogP contribution in [0.15, 0.2) is 42.5 Å². The first kappa shape index (κ1) is 20.1. The molecule has 0 bridgehead atoms. The Kier molecular flexibility index (Phi) is 7.75. The molecule has 5 nitrogen and oxygen atoms in total. The van der Waals surface area contributed by atoms with Crippen molar-refractivity contribution in [2.45, 2.75) is 13.3 Å². The number of carbonyl (C=O) groups is 1. The minimum absolute atomic E-state index is 0.130. The molecule has 0 aliphatic rings. The van der Waals surface area contributed by atoms with Crippen molar-refractivity contribution in [1.82, 2.24) is 4.90 Å². The van der Waals surface area contributed by atoms with Crippen molar-refractivity contribution in [3.63, 3.8) is 0 Å². The molecule has 2 rings (SSSR count). The number of hydrogen-bond donors (Lipinski definition) is 1. The smallest absolute Gasteiger partial charge is 0.254 e. The zero-order valence-electron chi connectivity index (χ0n) is 15.2. The van der Waals surface area contributed by atoms with E-state index < -0.39 is 0 Å². The van der Waals surface area contributed by atoms with Gasteiger partial charge in [-0.2, -0.15) is 0 Å². The van der Waals surface area contributed by atoms with Crippen LogP contribution < -0.4 is 15.2 Å². The van der Waals surface area contributed by atoms with E-state index in [2.05, 4.69) is 0 Å². The van der Waals surface area contributed by atoms with Crippen LogP contribution in [-0.2, 0) is 6.42 Å². The van der Waals surface area contributed by atoms with Gasteiger partial charge in [-0.3, -0.25) is 4.79 Å². The maximum Gasteiger partial charge on any atom is 0.254 e. The number of carbonyl (C=O) groups excluding carboxylic acids is 1. The van der Waals surface area contributed by atoms with E-state index in [1.165, 1.54) is 12.7 Å². The normalized spacial score (nSPS) is 10.5. The van der Waals surface area contributed by atoms with Gasteiger partial charge in [-0.05, 0) is 31.0 Å². The summed E-state index contributed by atoms with van der Waals surface area (Å²) in [5.74, 6) is 0.760. The molecule has 2 N–H and O–H groups in total. The van der Waals surface area contributed by atoms with Crippen molar-refractivity contribution in [2.75, 3.05) is 33.4 Å². The molecule has 0 aliphatic carbocycles. The van der Waals surface area contributed by atoms with E-state index in [9.17, 15) is 4.79 Å². The second-order valence-electron chi connectivity index (χ2n) is 5.74. The largest absolute Gasteiger partial charge is 0.493 e. The quantitative estimate of drug-likeness (QED) is 0.728. The van der Waals surface area contributed by atoms with Crippen molar-refractivity contribution >= 4 is 17.5 Å². The summed E-state index contributed by atoms with van der Waals surface area (Å²) in [7, 11) is 1.52. The fourth-order valence-electron chi connectivity index (χ4n) is 2.69. The van der Waals surface area contributed by atoms with Gasteiger partial charge in [0.2, 0.25) is 0 Å². The topological polar surface area (TPSA) is 64.8 Å². The number of halogens is 1. The van der Waals surface area contributed by atoms with Crippen LogP contribution >= 0.6 is 11.6 Å². The number of ether oxygens (including phenoxy) is 2. The Bertz CT molecular complexity index is 722. The van der Waals surface area contributed by atoms with E-state index in [1.54, 1.807) is 17.0 Å². The Labute approximate surface area is 159 Å². The predicted molar refractivity (Wildman–Crippen MR) is 104 cm³/mol. The van der Waals surface area contributed by atoms with Crippen molar-refractivity contribution in [3.05, 3.63) is 58.6 Å². The summed E-state index contributed by atoms with van der Waals surface area (Å²) in [6.07, 6.45) is 0.758. The first-order chi connectivity index (χ1) is 12.6. The molecule has 1 amide bonds. The lowest BCUT2D eigenvalue weighted by Crippen LogP contribution is -2.37. The van der Waals surface area contributed by atoms with Gasteiger partial charge in [0.1, 0.15) is 0 Å². The van der Waals surface area contributed by atoms with Gasteiger partial charge in [0.25, 0.3) is 5.91 Å². The summed E-state index contributed by atoms with van der Waals surface area (Å²) in [4.78, 5) is 14.7. The second kappa shape index (κ2) is 10.0. The molecule has 6 heteroatoms. The Morgan fingerprint density at radius 1 is 1.19 bits per heavy atom. The molecule has 0 atom stereocenters. The maximum absolute atomic E-state index is 13.0. The van der Waals surface area contributed by atoms with E-state index in [1.807, 2.05) is 37.3 Å². The molecule has 2 aromatic carbocycles. The number of nitrogens with zero attached hydrogens (tertiary/aromatic N) is 1. The van der Waals surface area contributed by atoms with Gasteiger partial charge in [0, 0.05) is 25.2 Å². The number of methoxy groups -OCH3 is 1. The maximum atomic E-state index is 13.0. The van der Waals surface area contributed by atoms with Gasteiger partial charge in [-0.15, -0.1) is 0 Å². The van der Waals surface area contributed by atoms with E-state index in [0.29, 0.717) is 48.3 Å². The molecule has 0 heterocycles. The summed E-state index contributed by atoms with van der Waals surface area (Å²) < 4.78 is 10.8. The highest BCUT2D eigenvalue weighted by Gasteiger charge is 2.20. The molecule has 0 spiro atoms. The standard InChI is InChI=1S/C20H25ClN2O3/c1-3-26-19-17(21)13-16(14-18(19)25-2)20(24)23(12-10-22)11-9-15-7-5-4-6-8-15/h4-8,13-14H,3,9-12,22H2,1-2H3. The van der Waals surface area contributed by atoms with Crippen LogP contribution in [0.2, 0.25) is 5.02 Å². The average molecular weight is 377 g/mol. The molecule has 0 radical (unpaired) electrons. The SMILES string of the molecule is CCOc1c(Cl)cc(C(=O)N(CCN)CCc2ccccc2)cc1OC. The van der Waals surface area contributed by atoms with Gasteiger partial charge >= 0.3 is 0 Å². The molecule has 26 heavy (non-hydrogen) atoms. The minimum Gasteiger partial charge on any atom is -0.493 e. The van der Waals surface area contributed by atoms with Gasteiger partial charge in [0.05, 0.1) is 18.7 Å². The summed E-state index contributed by atoms with van der Waals surface area (Å²) in [6.45, 7) is 3.76. The van der Waals surface area contributed by atoms with Crippen LogP contribution in [0.25, 0.3) is 0 Å². The van der Waals surface area contributed by atoms with E-state index in [4.69, 9.17) is 26.8 Å². The van der Waals surface area contributed by atoms with E-state index in [-0.39, 0.29) is 5.91 Å². The predicted octanol–water partition coefficient (Wildman–Crippen LogP) is 3.39. The van der Waals surface area contributed by atoms with E-state index in [0.717, 1.165) is 6.42 Å². The van der Waals surface area contributed by atoms with Crippen LogP contribution in [0.4, 0.5) is 0 Å². The zero-order valence-corrected chi connectivity index (χ0v) is 16.0. The van der Waals surface area contributed by atoms with Gasteiger partial charge in [0.15, 0.2) is 11.5 Å². The Morgan fingerprint density at radius 3 is 2.54 bits per heavy atom. The summed E-state index contributed by atoms with van der Waals surface area (Å²) in [6, 6.07) is 13.3. The monoisotopic (exact) mass is 376 g/mol. The van der Waals surface area contributed by atoms with E-state index >= 15 is 0 Å². The first-order valence-electron chi connectivity index (χ1n) is 8.64. The number of amides is 1. The highest BCUT2D eigenvalue weighted by atomic mass is 35.5. The fraction of sp³-hybridized carbons (Fsp3) is 0.350. The molecule has 0 saturated heterocycles. The molecule has 0 saturated carbocycles. The van der Waals surface area contributed by atoms with Crippen LogP contribution in [0.5, 0.6) is 11.5 Å². The number of rotatable bonds is 9. The van der Waals surface area contributed by atoms with Crippen LogP contribution in [0.3, 0.4) is 0 Å². The number of nitrogens with two attached hydrogens (primary N) is 1. The summed E-state index contributed by atoms with van der Waals surface area (Å²) in [5, 5.41) is 0.352. The Morgan fingerprint density at radius 2 is 1.92 bits per heavy atom. The van der Waals surface area contributed by atoms with Crippen LogP contribution in [0, 0.1) is 0 Å². The summed E-state index contributed by atoms with van der Waals surface area (Å²) >= 11 is 6.29. The minimum atomic E-state index is -0.130. The van der Waals surface area contributed by atoms with Gasteiger partial charge in [-0.25, -0.2) is 0 Å². The van der Waals surface area contributed by atoms with Crippen molar-refractivity contribution in [3.8, 4) is 11.5 Å². The molecule has 0 unspecified atom stereocenters. The number of hydrogen-bond acceptors (Lipinski definition) is 4. The highest BCUT2D eigenvalue weighted by Crippen LogP contribution is 2.36. The lowest BCUT2D eigenvalue weighted by molar-refractivity contribution is 0.0761.